The van der Waals surface area contributed by atoms with E-state index in [4.69, 9.17) is 9.47 Å². The van der Waals surface area contributed by atoms with Crippen molar-refractivity contribution in [2.75, 3.05) is 21.3 Å². The lowest BCUT2D eigenvalue weighted by atomic mass is 10.1. The molecular formula is C19H33N3O3. The second-order valence-electron chi connectivity index (χ2n) is 6.17. The molecule has 0 radical (unpaired) electrons. The zero-order valence-corrected chi connectivity index (χ0v) is 16.2. The van der Waals surface area contributed by atoms with E-state index in [1.165, 1.54) is 39.9 Å². The zero-order chi connectivity index (χ0) is 18.7. The van der Waals surface area contributed by atoms with Crippen LogP contribution in [0, 0.1) is 0 Å². The second kappa shape index (κ2) is 11.4. The first-order valence-electron chi connectivity index (χ1n) is 8.96. The van der Waals surface area contributed by atoms with Gasteiger partial charge >= 0.3 is 0 Å². The fraction of sp³-hybridized carbons (Fsp3) is 0.632. The van der Waals surface area contributed by atoms with Crippen molar-refractivity contribution < 1.29 is 14.6 Å². The Hall–Kier alpha value is -2.11. The Balaban J connectivity index is 2.57. The lowest BCUT2D eigenvalue weighted by Crippen LogP contribution is -2.41. The molecule has 1 atom stereocenters. The molecule has 0 amide bonds. The van der Waals surface area contributed by atoms with E-state index in [-0.39, 0.29) is 5.75 Å². The number of nitrogens with one attached hydrogen (secondary N) is 2. The number of phenols is 1. The van der Waals surface area contributed by atoms with Gasteiger partial charge in [0.05, 0.1) is 14.2 Å². The van der Waals surface area contributed by atoms with Gasteiger partial charge in [-0.25, -0.2) is 0 Å². The molecule has 0 aliphatic carbocycles. The molecule has 0 aromatic heterocycles. The van der Waals surface area contributed by atoms with Crippen LogP contribution in [0.5, 0.6) is 17.2 Å². The van der Waals surface area contributed by atoms with E-state index < -0.39 is 0 Å². The van der Waals surface area contributed by atoms with Crippen LogP contribution >= 0.6 is 0 Å². The van der Waals surface area contributed by atoms with E-state index in [1.54, 1.807) is 19.2 Å². The Labute approximate surface area is 151 Å². The van der Waals surface area contributed by atoms with Gasteiger partial charge in [-0.2, -0.15) is 0 Å². The standard InChI is InChI=1S/C19H33N3O3/c1-6-7-8-9-10-14(2)22-19(20-3)21-13-15-11-16(24-4)18(23)17(12-15)25-5/h11-12,14,23H,6-10,13H2,1-5H3,(H2,20,21,22). The molecule has 0 bridgehead atoms. The van der Waals surface area contributed by atoms with Gasteiger partial charge in [0.2, 0.25) is 5.75 Å². The van der Waals surface area contributed by atoms with Crippen molar-refractivity contribution in [2.45, 2.75) is 58.5 Å². The number of methoxy groups -OCH3 is 2. The number of rotatable bonds is 10. The Morgan fingerprint density at radius 1 is 1.16 bits per heavy atom. The van der Waals surface area contributed by atoms with Crippen LogP contribution in [0.15, 0.2) is 17.1 Å². The molecule has 1 aromatic carbocycles. The zero-order valence-electron chi connectivity index (χ0n) is 16.2. The van der Waals surface area contributed by atoms with Crippen molar-refractivity contribution in [3.05, 3.63) is 17.7 Å². The van der Waals surface area contributed by atoms with Gasteiger partial charge < -0.3 is 25.2 Å². The first-order valence-corrected chi connectivity index (χ1v) is 8.96. The van der Waals surface area contributed by atoms with Crippen LogP contribution in [0.2, 0.25) is 0 Å². The van der Waals surface area contributed by atoms with Gasteiger partial charge in [-0.3, -0.25) is 4.99 Å². The number of phenolic OH excluding ortho intramolecular Hbond substituents is 1. The predicted octanol–water partition coefficient (Wildman–Crippen LogP) is 3.43. The average Bonchev–Trinajstić information content (AvgIpc) is 2.63. The molecule has 0 aliphatic heterocycles. The highest BCUT2D eigenvalue weighted by atomic mass is 16.5. The molecule has 0 spiro atoms. The Bertz CT molecular complexity index is 522. The Morgan fingerprint density at radius 2 is 1.80 bits per heavy atom. The number of ether oxygens (including phenoxy) is 2. The smallest absolute Gasteiger partial charge is 0.200 e. The van der Waals surface area contributed by atoms with E-state index in [2.05, 4.69) is 29.5 Å². The van der Waals surface area contributed by atoms with Gasteiger partial charge in [-0.1, -0.05) is 32.6 Å². The number of guanidine groups is 1. The first kappa shape index (κ1) is 20.9. The summed E-state index contributed by atoms with van der Waals surface area (Å²) in [5.41, 5.74) is 0.935. The summed E-state index contributed by atoms with van der Waals surface area (Å²) in [4.78, 5) is 4.27. The minimum atomic E-state index is 0.0111. The SMILES string of the molecule is CCCCCCC(C)NC(=NC)NCc1cc(OC)c(O)c(OC)c1. The van der Waals surface area contributed by atoms with E-state index in [1.807, 2.05) is 0 Å². The third-order valence-electron chi connectivity index (χ3n) is 4.10. The molecule has 25 heavy (non-hydrogen) atoms. The summed E-state index contributed by atoms with van der Waals surface area (Å²) in [6.07, 6.45) is 6.18. The van der Waals surface area contributed by atoms with Crippen molar-refractivity contribution in [3.8, 4) is 17.2 Å². The summed E-state index contributed by atoms with van der Waals surface area (Å²) in [6, 6.07) is 3.94. The normalized spacial score (nSPS) is 12.6. The molecule has 0 saturated carbocycles. The van der Waals surface area contributed by atoms with Crippen molar-refractivity contribution in [1.82, 2.24) is 10.6 Å². The minimum absolute atomic E-state index is 0.0111. The molecular weight excluding hydrogens is 318 g/mol. The van der Waals surface area contributed by atoms with E-state index >= 15 is 0 Å². The van der Waals surface area contributed by atoms with Gasteiger partial charge in [0.15, 0.2) is 17.5 Å². The highest BCUT2D eigenvalue weighted by molar-refractivity contribution is 5.79. The van der Waals surface area contributed by atoms with Crippen molar-refractivity contribution in [2.24, 2.45) is 4.99 Å². The van der Waals surface area contributed by atoms with Gasteiger partial charge in [0.1, 0.15) is 0 Å². The molecule has 6 heteroatoms. The quantitative estimate of drug-likeness (QED) is 0.342. The van der Waals surface area contributed by atoms with Gasteiger partial charge in [0.25, 0.3) is 0 Å². The topological polar surface area (TPSA) is 75.1 Å². The van der Waals surface area contributed by atoms with E-state index in [0.29, 0.717) is 24.1 Å². The van der Waals surface area contributed by atoms with Gasteiger partial charge in [-0.15, -0.1) is 0 Å². The lowest BCUT2D eigenvalue weighted by Gasteiger charge is -2.18. The number of hydrogen-bond acceptors (Lipinski definition) is 4. The fourth-order valence-electron chi connectivity index (χ4n) is 2.61. The molecule has 0 fully saturated rings. The third-order valence-corrected chi connectivity index (χ3v) is 4.10. The number of aliphatic imine (C=N–C) groups is 1. The number of aromatic hydroxyl groups is 1. The maximum absolute atomic E-state index is 9.97. The summed E-state index contributed by atoms with van der Waals surface area (Å²) in [6.45, 7) is 4.95. The highest BCUT2D eigenvalue weighted by Crippen LogP contribution is 2.36. The van der Waals surface area contributed by atoms with Crippen LogP contribution in [-0.4, -0.2) is 38.4 Å². The third kappa shape index (κ3) is 7.11. The summed E-state index contributed by atoms with van der Waals surface area (Å²) < 4.78 is 10.4. The highest BCUT2D eigenvalue weighted by Gasteiger charge is 2.12. The van der Waals surface area contributed by atoms with Crippen LogP contribution in [0.1, 0.15) is 51.5 Å². The molecule has 6 nitrogen and oxygen atoms in total. The van der Waals surface area contributed by atoms with Crippen LogP contribution in [0.25, 0.3) is 0 Å². The largest absolute Gasteiger partial charge is 0.502 e. The van der Waals surface area contributed by atoms with E-state index in [9.17, 15) is 5.11 Å². The molecule has 0 aliphatic rings. The maximum Gasteiger partial charge on any atom is 0.200 e. The summed E-state index contributed by atoms with van der Waals surface area (Å²) >= 11 is 0. The van der Waals surface area contributed by atoms with E-state index in [0.717, 1.165) is 17.9 Å². The van der Waals surface area contributed by atoms with Crippen LogP contribution in [0.3, 0.4) is 0 Å². The van der Waals surface area contributed by atoms with Crippen molar-refractivity contribution >= 4 is 5.96 Å². The van der Waals surface area contributed by atoms with Crippen LogP contribution < -0.4 is 20.1 Å². The summed E-state index contributed by atoms with van der Waals surface area (Å²) in [7, 11) is 4.80. The monoisotopic (exact) mass is 351 g/mol. The first-order chi connectivity index (χ1) is 12.0. The van der Waals surface area contributed by atoms with Gasteiger partial charge in [-0.05, 0) is 31.0 Å². The molecule has 0 saturated heterocycles. The number of unbranched alkanes of at least 4 members (excludes halogenated alkanes) is 3. The molecule has 3 N–H and O–H groups in total. The minimum Gasteiger partial charge on any atom is -0.502 e. The van der Waals surface area contributed by atoms with Crippen molar-refractivity contribution in [3.63, 3.8) is 0 Å². The second-order valence-corrected chi connectivity index (χ2v) is 6.17. The molecule has 0 heterocycles. The lowest BCUT2D eigenvalue weighted by molar-refractivity contribution is 0.339. The summed E-state index contributed by atoms with van der Waals surface area (Å²) in [5.74, 6) is 1.55. The number of nitrogens with zero attached hydrogens (tertiary/aromatic N) is 1. The molecule has 1 aromatic rings. The molecule has 142 valence electrons. The fourth-order valence-corrected chi connectivity index (χ4v) is 2.61. The maximum atomic E-state index is 9.97. The van der Waals surface area contributed by atoms with Crippen molar-refractivity contribution in [1.29, 1.82) is 0 Å². The van der Waals surface area contributed by atoms with Crippen LogP contribution in [-0.2, 0) is 6.54 Å². The Kier molecular flexibility index (Phi) is 9.58. The Morgan fingerprint density at radius 3 is 2.32 bits per heavy atom. The predicted molar refractivity (Wildman–Crippen MR) is 103 cm³/mol. The number of benzene rings is 1. The molecule has 1 unspecified atom stereocenters. The van der Waals surface area contributed by atoms with Gasteiger partial charge in [0, 0.05) is 19.6 Å². The summed E-state index contributed by atoms with van der Waals surface area (Å²) in [5, 5.41) is 16.7. The average molecular weight is 351 g/mol. The number of hydrogen-bond donors (Lipinski definition) is 3. The van der Waals surface area contributed by atoms with Crippen LogP contribution in [0.4, 0.5) is 0 Å². The molecule has 1 rings (SSSR count).